The van der Waals surface area contributed by atoms with E-state index in [1.807, 2.05) is 0 Å². The molecule has 0 aliphatic carbocycles. The first-order valence-corrected chi connectivity index (χ1v) is 8.59. The summed E-state index contributed by atoms with van der Waals surface area (Å²) in [7, 11) is -0.498. The third-order valence-corrected chi connectivity index (χ3v) is 5.82. The molecule has 21 heavy (non-hydrogen) atoms. The summed E-state index contributed by atoms with van der Waals surface area (Å²) >= 11 is 6.77. The van der Waals surface area contributed by atoms with Crippen LogP contribution in [0.3, 0.4) is 0 Å². The Kier molecular flexibility index (Phi) is 5.10. The van der Waals surface area contributed by atoms with Crippen LogP contribution in [0.15, 0.2) is 34.5 Å². The SMILES string of the molecule is COc1cc(CNS(=O)(=O)c2ccc(Cl)s2)cc(OC)c1. The third kappa shape index (κ3) is 4.10. The zero-order valence-electron chi connectivity index (χ0n) is 11.4. The lowest BCUT2D eigenvalue weighted by Crippen LogP contribution is -2.22. The van der Waals surface area contributed by atoms with Crippen LogP contribution < -0.4 is 14.2 Å². The maximum Gasteiger partial charge on any atom is 0.250 e. The molecule has 2 rings (SSSR count). The lowest BCUT2D eigenvalue weighted by molar-refractivity contribution is 0.393. The van der Waals surface area contributed by atoms with Gasteiger partial charge in [0, 0.05) is 12.6 Å². The van der Waals surface area contributed by atoms with Crippen molar-refractivity contribution >= 4 is 33.0 Å². The second-order valence-electron chi connectivity index (χ2n) is 4.10. The van der Waals surface area contributed by atoms with Gasteiger partial charge in [-0.3, -0.25) is 0 Å². The van der Waals surface area contributed by atoms with Gasteiger partial charge in [-0.1, -0.05) is 11.6 Å². The van der Waals surface area contributed by atoms with E-state index >= 15 is 0 Å². The normalized spacial score (nSPS) is 11.4. The predicted molar refractivity (Wildman–Crippen MR) is 82.9 cm³/mol. The molecule has 1 aromatic heterocycles. The van der Waals surface area contributed by atoms with Gasteiger partial charge >= 0.3 is 0 Å². The van der Waals surface area contributed by atoms with Crippen LogP contribution in [0.4, 0.5) is 0 Å². The van der Waals surface area contributed by atoms with Crippen molar-refractivity contribution in [3.63, 3.8) is 0 Å². The molecule has 114 valence electrons. The fourth-order valence-corrected chi connectivity index (χ4v) is 4.21. The Morgan fingerprint density at radius 2 is 1.76 bits per heavy atom. The highest BCUT2D eigenvalue weighted by atomic mass is 35.5. The standard InChI is InChI=1S/C13H14ClNO4S2/c1-18-10-5-9(6-11(7-10)19-2)8-15-21(16,17)13-4-3-12(14)20-13/h3-7,15H,8H2,1-2H3. The van der Waals surface area contributed by atoms with Crippen molar-refractivity contribution in [2.75, 3.05) is 14.2 Å². The molecule has 0 unspecified atom stereocenters. The highest BCUT2D eigenvalue weighted by molar-refractivity contribution is 7.91. The van der Waals surface area contributed by atoms with Crippen molar-refractivity contribution in [3.05, 3.63) is 40.2 Å². The van der Waals surface area contributed by atoms with Gasteiger partial charge in [0.25, 0.3) is 0 Å². The lowest BCUT2D eigenvalue weighted by atomic mass is 10.2. The summed E-state index contributed by atoms with van der Waals surface area (Å²) in [6.07, 6.45) is 0. The smallest absolute Gasteiger partial charge is 0.250 e. The number of sulfonamides is 1. The van der Waals surface area contributed by atoms with Crippen molar-refractivity contribution in [3.8, 4) is 11.5 Å². The van der Waals surface area contributed by atoms with E-state index < -0.39 is 10.0 Å². The fourth-order valence-electron chi connectivity index (χ4n) is 1.66. The molecule has 0 saturated heterocycles. The van der Waals surface area contributed by atoms with Crippen LogP contribution in [0.25, 0.3) is 0 Å². The molecule has 0 radical (unpaired) electrons. The maximum absolute atomic E-state index is 12.1. The average Bonchev–Trinajstić information content (AvgIpc) is 2.92. The summed E-state index contributed by atoms with van der Waals surface area (Å²) in [6, 6.07) is 8.23. The van der Waals surface area contributed by atoms with Crippen molar-refractivity contribution in [2.45, 2.75) is 10.8 Å². The minimum Gasteiger partial charge on any atom is -0.497 e. The Labute approximate surface area is 132 Å². The van der Waals surface area contributed by atoms with Crippen LogP contribution in [0, 0.1) is 0 Å². The Morgan fingerprint density at radius 3 is 2.24 bits per heavy atom. The minimum atomic E-state index is -3.57. The number of thiophene rings is 1. The number of methoxy groups -OCH3 is 2. The summed E-state index contributed by atoms with van der Waals surface area (Å²) in [5, 5.41) is 0. The summed E-state index contributed by atoms with van der Waals surface area (Å²) < 4.78 is 37.6. The summed E-state index contributed by atoms with van der Waals surface area (Å²) in [6.45, 7) is 0.130. The van der Waals surface area contributed by atoms with Gasteiger partial charge in [0.15, 0.2) is 0 Å². The summed E-state index contributed by atoms with van der Waals surface area (Å²) in [5.41, 5.74) is 0.734. The number of ether oxygens (including phenoxy) is 2. The highest BCUT2D eigenvalue weighted by Gasteiger charge is 2.16. The van der Waals surface area contributed by atoms with Crippen LogP contribution in [-0.2, 0) is 16.6 Å². The molecule has 0 aliphatic heterocycles. The topological polar surface area (TPSA) is 64.6 Å². The molecule has 1 heterocycles. The van der Waals surface area contributed by atoms with E-state index in [1.165, 1.54) is 20.3 Å². The van der Waals surface area contributed by atoms with Crippen LogP contribution >= 0.6 is 22.9 Å². The predicted octanol–water partition coefficient (Wildman–Crippen LogP) is 2.90. The van der Waals surface area contributed by atoms with Gasteiger partial charge in [-0.15, -0.1) is 11.3 Å². The fraction of sp³-hybridized carbons (Fsp3) is 0.231. The first kappa shape index (κ1) is 16.1. The third-order valence-electron chi connectivity index (χ3n) is 2.69. The molecule has 0 fully saturated rings. The molecule has 0 saturated carbocycles. The van der Waals surface area contributed by atoms with Gasteiger partial charge in [-0.2, -0.15) is 0 Å². The molecule has 0 bridgehead atoms. The second kappa shape index (κ2) is 6.65. The number of rotatable bonds is 6. The monoisotopic (exact) mass is 347 g/mol. The van der Waals surface area contributed by atoms with Crippen LogP contribution in [0.5, 0.6) is 11.5 Å². The molecule has 1 aromatic carbocycles. The van der Waals surface area contributed by atoms with E-state index in [9.17, 15) is 8.42 Å². The van der Waals surface area contributed by atoms with Crippen molar-refractivity contribution in [1.82, 2.24) is 4.72 Å². The van der Waals surface area contributed by atoms with E-state index in [1.54, 1.807) is 24.3 Å². The maximum atomic E-state index is 12.1. The van der Waals surface area contributed by atoms with Gasteiger partial charge in [-0.25, -0.2) is 13.1 Å². The average molecular weight is 348 g/mol. The summed E-state index contributed by atoms with van der Waals surface area (Å²) in [4.78, 5) is 0. The summed E-state index contributed by atoms with van der Waals surface area (Å²) in [5.74, 6) is 1.20. The molecule has 0 atom stereocenters. The van der Waals surface area contributed by atoms with Crippen LogP contribution in [0.1, 0.15) is 5.56 Å². The number of hydrogen-bond donors (Lipinski definition) is 1. The van der Waals surface area contributed by atoms with E-state index in [4.69, 9.17) is 21.1 Å². The van der Waals surface area contributed by atoms with Crippen molar-refractivity contribution in [1.29, 1.82) is 0 Å². The Hall–Kier alpha value is -1.28. The van der Waals surface area contributed by atoms with Gasteiger partial charge in [0.05, 0.1) is 18.6 Å². The highest BCUT2D eigenvalue weighted by Crippen LogP contribution is 2.26. The number of hydrogen-bond acceptors (Lipinski definition) is 5. The largest absolute Gasteiger partial charge is 0.497 e. The molecule has 0 aliphatic rings. The number of halogens is 1. The van der Waals surface area contributed by atoms with Gasteiger partial charge in [0.1, 0.15) is 15.7 Å². The van der Waals surface area contributed by atoms with Crippen LogP contribution in [-0.4, -0.2) is 22.6 Å². The second-order valence-corrected chi connectivity index (χ2v) is 7.81. The molecule has 2 aromatic rings. The van der Waals surface area contributed by atoms with Gasteiger partial charge in [0.2, 0.25) is 10.0 Å². The van der Waals surface area contributed by atoms with Crippen molar-refractivity contribution in [2.24, 2.45) is 0 Å². The molecular weight excluding hydrogens is 334 g/mol. The van der Waals surface area contributed by atoms with Crippen molar-refractivity contribution < 1.29 is 17.9 Å². The molecule has 5 nitrogen and oxygen atoms in total. The molecule has 1 N–H and O–H groups in total. The Balaban J connectivity index is 2.16. The van der Waals surface area contributed by atoms with E-state index in [-0.39, 0.29) is 10.8 Å². The van der Waals surface area contributed by atoms with E-state index in [0.717, 1.165) is 16.9 Å². The molecule has 0 amide bonds. The van der Waals surface area contributed by atoms with E-state index in [0.29, 0.717) is 15.8 Å². The zero-order chi connectivity index (χ0) is 15.5. The Bertz CT molecular complexity index is 705. The van der Waals surface area contributed by atoms with Gasteiger partial charge in [-0.05, 0) is 29.8 Å². The lowest BCUT2D eigenvalue weighted by Gasteiger charge is -2.09. The number of benzene rings is 1. The first-order chi connectivity index (χ1) is 9.94. The Morgan fingerprint density at radius 1 is 1.14 bits per heavy atom. The van der Waals surface area contributed by atoms with E-state index in [2.05, 4.69) is 4.72 Å². The molecule has 8 heteroatoms. The quantitative estimate of drug-likeness (QED) is 0.872. The molecule has 0 spiro atoms. The first-order valence-electron chi connectivity index (χ1n) is 5.91. The number of nitrogens with one attached hydrogen (secondary N) is 1. The molecular formula is C13H14ClNO4S2. The zero-order valence-corrected chi connectivity index (χ0v) is 13.8. The minimum absolute atomic E-state index is 0.130. The van der Waals surface area contributed by atoms with Crippen LogP contribution in [0.2, 0.25) is 4.34 Å². The van der Waals surface area contributed by atoms with Gasteiger partial charge < -0.3 is 9.47 Å².